The summed E-state index contributed by atoms with van der Waals surface area (Å²) in [4.78, 5) is 4.44. The Bertz CT molecular complexity index is 813. The fourth-order valence-electron chi connectivity index (χ4n) is 2.00. The topological polar surface area (TPSA) is 50.9 Å². The lowest BCUT2D eigenvalue weighted by Crippen LogP contribution is -1.96. The Morgan fingerprint density at radius 2 is 1.71 bits per heavy atom. The Kier molecular flexibility index (Phi) is 3.57. The van der Waals surface area contributed by atoms with Gasteiger partial charge in [0.2, 0.25) is 0 Å². The fraction of sp³-hybridized carbons (Fsp3) is 0. The molecule has 0 saturated heterocycles. The lowest BCUT2D eigenvalue weighted by molar-refractivity contribution is 0.628. The number of rotatable bonds is 2. The van der Waals surface area contributed by atoms with Gasteiger partial charge in [-0.05, 0) is 42.5 Å². The van der Waals surface area contributed by atoms with Crippen LogP contribution in [0.2, 0.25) is 10.0 Å². The summed E-state index contributed by atoms with van der Waals surface area (Å²) >= 11 is 12.0. The van der Waals surface area contributed by atoms with Crippen molar-refractivity contribution in [3.8, 4) is 0 Å². The standard InChI is InChI=1S/C15H10Cl2FN3/c16-11-6-9(18)7-12(17)15(11)21-14-4-1-8-5-10(19)2-3-13(8)20-14/h1-7H,19H2,(H,20,21). The van der Waals surface area contributed by atoms with Crippen molar-refractivity contribution in [1.82, 2.24) is 4.98 Å². The fourth-order valence-corrected chi connectivity index (χ4v) is 2.56. The monoisotopic (exact) mass is 321 g/mol. The van der Waals surface area contributed by atoms with Gasteiger partial charge in [0.05, 0.1) is 21.2 Å². The molecule has 0 radical (unpaired) electrons. The lowest BCUT2D eigenvalue weighted by atomic mass is 10.2. The maximum atomic E-state index is 13.2. The second kappa shape index (κ2) is 5.39. The molecule has 0 aliphatic carbocycles. The SMILES string of the molecule is Nc1ccc2nc(Nc3c(Cl)cc(F)cc3Cl)ccc2c1. The summed E-state index contributed by atoms with van der Waals surface area (Å²) in [5, 5.41) is 4.32. The zero-order chi connectivity index (χ0) is 15.0. The van der Waals surface area contributed by atoms with Gasteiger partial charge < -0.3 is 11.1 Å². The van der Waals surface area contributed by atoms with Crippen molar-refractivity contribution < 1.29 is 4.39 Å². The highest BCUT2D eigenvalue weighted by molar-refractivity contribution is 6.39. The summed E-state index contributed by atoms with van der Waals surface area (Å²) in [6.07, 6.45) is 0. The molecule has 0 unspecified atom stereocenters. The number of nitrogens with zero attached hydrogens (tertiary/aromatic N) is 1. The number of anilines is 3. The van der Waals surface area contributed by atoms with E-state index in [0.717, 1.165) is 10.9 Å². The minimum absolute atomic E-state index is 0.194. The van der Waals surface area contributed by atoms with Crippen molar-refractivity contribution in [2.45, 2.75) is 0 Å². The minimum atomic E-state index is -0.488. The number of halogens is 3. The number of hydrogen-bond acceptors (Lipinski definition) is 3. The molecular formula is C15H10Cl2FN3. The molecule has 0 fully saturated rings. The summed E-state index contributed by atoms with van der Waals surface area (Å²) < 4.78 is 13.2. The number of aromatic nitrogens is 1. The summed E-state index contributed by atoms with van der Waals surface area (Å²) in [5.41, 5.74) is 7.60. The highest BCUT2D eigenvalue weighted by Crippen LogP contribution is 2.33. The van der Waals surface area contributed by atoms with E-state index in [0.29, 0.717) is 17.2 Å². The number of benzene rings is 2. The van der Waals surface area contributed by atoms with E-state index < -0.39 is 5.82 Å². The van der Waals surface area contributed by atoms with E-state index in [9.17, 15) is 4.39 Å². The maximum absolute atomic E-state index is 13.2. The summed E-state index contributed by atoms with van der Waals surface area (Å²) in [6, 6.07) is 11.5. The van der Waals surface area contributed by atoms with Crippen LogP contribution in [-0.2, 0) is 0 Å². The van der Waals surface area contributed by atoms with E-state index in [4.69, 9.17) is 28.9 Å². The number of hydrogen-bond donors (Lipinski definition) is 2. The van der Waals surface area contributed by atoms with E-state index >= 15 is 0 Å². The molecule has 3 aromatic rings. The van der Waals surface area contributed by atoms with Crippen LogP contribution in [0.3, 0.4) is 0 Å². The van der Waals surface area contributed by atoms with Crippen molar-refractivity contribution in [1.29, 1.82) is 0 Å². The molecule has 0 spiro atoms. The van der Waals surface area contributed by atoms with Crippen LogP contribution in [-0.4, -0.2) is 4.98 Å². The number of fused-ring (bicyclic) bond motifs is 1. The first-order valence-corrected chi connectivity index (χ1v) is 6.86. The van der Waals surface area contributed by atoms with Crippen LogP contribution in [0.15, 0.2) is 42.5 Å². The molecule has 3 rings (SSSR count). The number of nitrogen functional groups attached to an aromatic ring is 1. The summed E-state index contributed by atoms with van der Waals surface area (Å²) in [6.45, 7) is 0. The third-order valence-corrected chi connectivity index (χ3v) is 3.57. The third-order valence-electron chi connectivity index (χ3n) is 2.97. The Morgan fingerprint density at radius 3 is 2.43 bits per heavy atom. The van der Waals surface area contributed by atoms with Crippen LogP contribution in [0, 0.1) is 5.82 Å². The first-order chi connectivity index (χ1) is 10.0. The molecular weight excluding hydrogens is 312 g/mol. The van der Waals surface area contributed by atoms with Crippen LogP contribution in [0.1, 0.15) is 0 Å². The molecule has 0 aliphatic rings. The highest BCUT2D eigenvalue weighted by Gasteiger charge is 2.09. The van der Waals surface area contributed by atoms with Crippen molar-refractivity contribution in [3.05, 3.63) is 58.3 Å². The van der Waals surface area contributed by atoms with Gasteiger partial charge >= 0.3 is 0 Å². The molecule has 1 heterocycles. The van der Waals surface area contributed by atoms with Gasteiger partial charge in [-0.25, -0.2) is 9.37 Å². The Balaban J connectivity index is 2.00. The summed E-state index contributed by atoms with van der Waals surface area (Å²) in [7, 11) is 0. The van der Waals surface area contributed by atoms with E-state index in [1.165, 1.54) is 12.1 Å². The molecule has 0 bridgehead atoms. The van der Waals surface area contributed by atoms with Crippen molar-refractivity contribution in [2.24, 2.45) is 0 Å². The van der Waals surface area contributed by atoms with Gasteiger partial charge in [-0.2, -0.15) is 0 Å². The largest absolute Gasteiger partial charge is 0.399 e. The van der Waals surface area contributed by atoms with Crippen molar-refractivity contribution in [3.63, 3.8) is 0 Å². The van der Waals surface area contributed by atoms with Crippen LogP contribution in [0.5, 0.6) is 0 Å². The predicted octanol–water partition coefficient (Wildman–Crippen LogP) is 5.01. The van der Waals surface area contributed by atoms with Crippen molar-refractivity contribution in [2.75, 3.05) is 11.1 Å². The minimum Gasteiger partial charge on any atom is -0.399 e. The molecule has 0 saturated carbocycles. The van der Waals surface area contributed by atoms with E-state index in [1.54, 1.807) is 12.1 Å². The Labute approximate surface area is 130 Å². The average Bonchev–Trinajstić information content (AvgIpc) is 2.43. The molecule has 0 atom stereocenters. The Morgan fingerprint density at radius 1 is 1.00 bits per heavy atom. The molecule has 3 N–H and O–H groups in total. The van der Waals surface area contributed by atoms with Crippen LogP contribution in [0.25, 0.3) is 10.9 Å². The van der Waals surface area contributed by atoms with Crippen molar-refractivity contribution >= 4 is 51.3 Å². The second-order valence-electron chi connectivity index (χ2n) is 4.52. The van der Waals surface area contributed by atoms with Gasteiger partial charge in [0.25, 0.3) is 0 Å². The Hall–Kier alpha value is -2.04. The first-order valence-electron chi connectivity index (χ1n) is 6.11. The predicted molar refractivity (Wildman–Crippen MR) is 85.9 cm³/mol. The van der Waals surface area contributed by atoms with E-state index in [-0.39, 0.29) is 10.0 Å². The maximum Gasteiger partial charge on any atom is 0.131 e. The zero-order valence-corrected chi connectivity index (χ0v) is 12.2. The van der Waals surface area contributed by atoms with Crippen LogP contribution < -0.4 is 11.1 Å². The van der Waals surface area contributed by atoms with E-state index in [2.05, 4.69) is 10.3 Å². The molecule has 0 aliphatic heterocycles. The lowest BCUT2D eigenvalue weighted by Gasteiger charge is -2.10. The molecule has 0 amide bonds. The number of nitrogens with two attached hydrogens (primary N) is 1. The van der Waals surface area contributed by atoms with Gasteiger partial charge in [0.15, 0.2) is 0 Å². The van der Waals surface area contributed by atoms with Gasteiger partial charge in [-0.15, -0.1) is 0 Å². The van der Waals surface area contributed by atoms with Gasteiger partial charge in [0.1, 0.15) is 11.6 Å². The molecule has 2 aromatic carbocycles. The van der Waals surface area contributed by atoms with Crippen LogP contribution >= 0.6 is 23.2 Å². The smallest absolute Gasteiger partial charge is 0.131 e. The molecule has 6 heteroatoms. The first kappa shape index (κ1) is 13.9. The van der Waals surface area contributed by atoms with Crippen LogP contribution in [0.4, 0.5) is 21.6 Å². The second-order valence-corrected chi connectivity index (χ2v) is 5.33. The molecule has 21 heavy (non-hydrogen) atoms. The quantitative estimate of drug-likeness (QED) is 0.652. The van der Waals surface area contributed by atoms with Gasteiger partial charge in [-0.3, -0.25) is 0 Å². The van der Waals surface area contributed by atoms with E-state index in [1.807, 2.05) is 18.2 Å². The zero-order valence-electron chi connectivity index (χ0n) is 10.7. The molecule has 1 aromatic heterocycles. The van der Waals surface area contributed by atoms with Gasteiger partial charge in [0, 0.05) is 11.1 Å². The number of pyridine rings is 1. The highest BCUT2D eigenvalue weighted by atomic mass is 35.5. The molecule has 106 valence electrons. The van der Waals surface area contributed by atoms with Gasteiger partial charge in [-0.1, -0.05) is 23.2 Å². The average molecular weight is 322 g/mol. The third kappa shape index (κ3) is 2.86. The summed E-state index contributed by atoms with van der Waals surface area (Å²) in [5.74, 6) is 0.0696. The number of nitrogens with one attached hydrogen (secondary N) is 1. The normalized spacial score (nSPS) is 10.8. The molecule has 3 nitrogen and oxygen atoms in total.